The molecule has 0 saturated heterocycles. The van der Waals surface area contributed by atoms with Crippen molar-refractivity contribution in [2.24, 2.45) is 0 Å². The van der Waals surface area contributed by atoms with Crippen LogP contribution in [-0.4, -0.2) is 24.2 Å². The summed E-state index contributed by atoms with van der Waals surface area (Å²) in [6, 6.07) is 0. The highest BCUT2D eigenvalue weighted by Crippen LogP contribution is 2.06. The molecule has 80 valence electrons. The maximum atomic E-state index is 5.40. The van der Waals surface area contributed by atoms with Gasteiger partial charge in [0.1, 0.15) is 0 Å². The first-order chi connectivity index (χ1) is 6.68. The van der Waals surface area contributed by atoms with Gasteiger partial charge in [-0.25, -0.2) is 4.98 Å². The summed E-state index contributed by atoms with van der Waals surface area (Å²) in [4.78, 5) is 4.36. The third kappa shape index (κ3) is 4.69. The van der Waals surface area contributed by atoms with Gasteiger partial charge in [0.25, 0.3) is 0 Å². The van der Waals surface area contributed by atoms with Gasteiger partial charge in [-0.1, -0.05) is 0 Å². The third-order valence-electron chi connectivity index (χ3n) is 1.70. The van der Waals surface area contributed by atoms with Gasteiger partial charge in [-0.05, 0) is 20.8 Å². The molecule has 3 nitrogen and oxygen atoms in total. The highest BCUT2D eigenvalue weighted by molar-refractivity contribution is 7.09. The van der Waals surface area contributed by atoms with Crippen molar-refractivity contribution in [1.29, 1.82) is 0 Å². The van der Waals surface area contributed by atoms with E-state index in [-0.39, 0.29) is 0 Å². The zero-order valence-electron chi connectivity index (χ0n) is 9.04. The first-order valence-electron chi connectivity index (χ1n) is 4.92. The van der Waals surface area contributed by atoms with Crippen LogP contribution < -0.4 is 5.32 Å². The lowest BCUT2D eigenvalue weighted by Crippen LogP contribution is -2.21. The van der Waals surface area contributed by atoms with Gasteiger partial charge in [0.2, 0.25) is 0 Å². The Morgan fingerprint density at radius 1 is 1.57 bits per heavy atom. The molecular formula is C10H18N2OS. The zero-order chi connectivity index (χ0) is 10.4. The molecule has 0 unspecified atom stereocenters. The number of thiazole rings is 1. The molecule has 0 bridgehead atoms. The van der Waals surface area contributed by atoms with E-state index in [0.717, 1.165) is 30.4 Å². The molecule has 4 heteroatoms. The lowest BCUT2D eigenvalue weighted by atomic mass is 10.4. The smallest absolute Gasteiger partial charge is 0.0897 e. The average molecular weight is 214 g/mol. The van der Waals surface area contributed by atoms with E-state index in [9.17, 15) is 0 Å². The van der Waals surface area contributed by atoms with Crippen LogP contribution in [0, 0.1) is 6.92 Å². The summed E-state index contributed by atoms with van der Waals surface area (Å²) in [5, 5.41) is 6.50. The predicted octanol–water partition coefficient (Wildman–Crippen LogP) is 1.97. The SMILES string of the molecule is Cc1nc(CNCCOC(C)C)cs1. The van der Waals surface area contributed by atoms with Crippen molar-refractivity contribution >= 4 is 11.3 Å². The van der Waals surface area contributed by atoms with Gasteiger partial charge in [-0.2, -0.15) is 0 Å². The molecule has 0 fully saturated rings. The average Bonchev–Trinajstić information content (AvgIpc) is 2.50. The van der Waals surface area contributed by atoms with Gasteiger partial charge in [-0.3, -0.25) is 0 Å². The van der Waals surface area contributed by atoms with E-state index in [0.29, 0.717) is 6.10 Å². The summed E-state index contributed by atoms with van der Waals surface area (Å²) in [6.07, 6.45) is 0.318. The fraction of sp³-hybridized carbons (Fsp3) is 0.700. The van der Waals surface area contributed by atoms with Gasteiger partial charge in [0.15, 0.2) is 0 Å². The van der Waals surface area contributed by atoms with Crippen LogP contribution in [0.5, 0.6) is 0 Å². The topological polar surface area (TPSA) is 34.2 Å². The normalized spacial score (nSPS) is 11.1. The lowest BCUT2D eigenvalue weighted by molar-refractivity contribution is 0.0807. The Morgan fingerprint density at radius 2 is 2.36 bits per heavy atom. The molecule has 0 saturated carbocycles. The Morgan fingerprint density at radius 3 is 2.93 bits per heavy atom. The molecular weight excluding hydrogens is 196 g/mol. The molecule has 0 aromatic carbocycles. The van der Waals surface area contributed by atoms with Crippen molar-refractivity contribution < 1.29 is 4.74 Å². The van der Waals surface area contributed by atoms with Gasteiger partial charge < -0.3 is 10.1 Å². The maximum Gasteiger partial charge on any atom is 0.0897 e. The summed E-state index contributed by atoms with van der Waals surface area (Å²) < 4.78 is 5.40. The second-order valence-corrected chi connectivity index (χ2v) is 4.52. The van der Waals surface area contributed by atoms with Crippen molar-refractivity contribution in [3.05, 3.63) is 16.1 Å². The number of ether oxygens (including phenoxy) is 1. The van der Waals surface area contributed by atoms with E-state index < -0.39 is 0 Å². The van der Waals surface area contributed by atoms with Crippen LogP contribution in [-0.2, 0) is 11.3 Å². The summed E-state index contributed by atoms with van der Waals surface area (Å²) >= 11 is 1.69. The van der Waals surface area contributed by atoms with E-state index in [1.165, 1.54) is 0 Å². The predicted molar refractivity (Wildman–Crippen MR) is 59.6 cm³/mol. The van der Waals surface area contributed by atoms with Crippen molar-refractivity contribution in [1.82, 2.24) is 10.3 Å². The standard InChI is InChI=1S/C10H18N2OS/c1-8(2)13-5-4-11-6-10-7-14-9(3)12-10/h7-8,11H,4-6H2,1-3H3. The Labute approximate surface area is 89.5 Å². The Bertz CT molecular complexity index is 260. The Balaban J connectivity index is 2.04. The monoisotopic (exact) mass is 214 g/mol. The minimum Gasteiger partial charge on any atom is -0.377 e. The second-order valence-electron chi connectivity index (χ2n) is 3.45. The van der Waals surface area contributed by atoms with E-state index in [4.69, 9.17) is 4.74 Å². The van der Waals surface area contributed by atoms with E-state index in [2.05, 4.69) is 15.7 Å². The number of hydrogen-bond donors (Lipinski definition) is 1. The Kier molecular flexibility index (Phi) is 5.07. The van der Waals surface area contributed by atoms with Crippen LogP contribution in [0.2, 0.25) is 0 Å². The van der Waals surface area contributed by atoms with Gasteiger partial charge in [-0.15, -0.1) is 11.3 Å². The molecule has 1 aromatic rings. The van der Waals surface area contributed by atoms with Crippen molar-refractivity contribution in [3.8, 4) is 0 Å². The highest BCUT2D eigenvalue weighted by atomic mass is 32.1. The number of aryl methyl sites for hydroxylation is 1. The minimum absolute atomic E-state index is 0.318. The second kappa shape index (κ2) is 6.11. The Hall–Kier alpha value is -0.450. The van der Waals surface area contributed by atoms with Gasteiger partial charge in [0, 0.05) is 18.5 Å². The summed E-state index contributed by atoms with van der Waals surface area (Å²) in [7, 11) is 0. The minimum atomic E-state index is 0.318. The number of rotatable bonds is 6. The first-order valence-corrected chi connectivity index (χ1v) is 5.80. The van der Waals surface area contributed by atoms with Crippen molar-refractivity contribution in [2.75, 3.05) is 13.2 Å². The number of nitrogens with one attached hydrogen (secondary N) is 1. The molecule has 0 aliphatic carbocycles. The summed E-state index contributed by atoms with van der Waals surface area (Å²) in [6.45, 7) is 8.60. The molecule has 1 rings (SSSR count). The fourth-order valence-corrected chi connectivity index (χ4v) is 1.69. The number of nitrogens with zero attached hydrogens (tertiary/aromatic N) is 1. The van der Waals surface area contributed by atoms with Crippen LogP contribution in [0.25, 0.3) is 0 Å². The van der Waals surface area contributed by atoms with E-state index >= 15 is 0 Å². The molecule has 0 radical (unpaired) electrons. The quantitative estimate of drug-likeness (QED) is 0.735. The molecule has 14 heavy (non-hydrogen) atoms. The number of aromatic nitrogens is 1. The summed E-state index contributed by atoms with van der Waals surface area (Å²) in [5.41, 5.74) is 1.12. The molecule has 0 amide bonds. The molecule has 0 spiro atoms. The zero-order valence-corrected chi connectivity index (χ0v) is 9.86. The van der Waals surface area contributed by atoms with Crippen LogP contribution >= 0.6 is 11.3 Å². The highest BCUT2D eigenvalue weighted by Gasteiger charge is 1.97. The van der Waals surface area contributed by atoms with Gasteiger partial charge in [0.05, 0.1) is 23.4 Å². The van der Waals surface area contributed by atoms with Crippen molar-refractivity contribution in [3.63, 3.8) is 0 Å². The fourth-order valence-electron chi connectivity index (χ4n) is 1.07. The van der Waals surface area contributed by atoms with E-state index in [1.54, 1.807) is 11.3 Å². The summed E-state index contributed by atoms with van der Waals surface area (Å²) in [5.74, 6) is 0. The van der Waals surface area contributed by atoms with Crippen LogP contribution in [0.4, 0.5) is 0 Å². The third-order valence-corrected chi connectivity index (χ3v) is 2.53. The molecule has 0 atom stereocenters. The first kappa shape index (κ1) is 11.6. The molecule has 0 aliphatic heterocycles. The lowest BCUT2D eigenvalue weighted by Gasteiger charge is -2.07. The maximum absolute atomic E-state index is 5.40. The van der Waals surface area contributed by atoms with E-state index in [1.807, 2.05) is 20.8 Å². The van der Waals surface area contributed by atoms with Crippen molar-refractivity contribution in [2.45, 2.75) is 33.4 Å². The molecule has 1 aromatic heterocycles. The largest absolute Gasteiger partial charge is 0.377 e. The molecule has 0 aliphatic rings. The molecule has 1 N–H and O–H groups in total. The van der Waals surface area contributed by atoms with Crippen LogP contribution in [0.3, 0.4) is 0 Å². The van der Waals surface area contributed by atoms with Crippen LogP contribution in [0.15, 0.2) is 5.38 Å². The number of hydrogen-bond acceptors (Lipinski definition) is 4. The van der Waals surface area contributed by atoms with Gasteiger partial charge >= 0.3 is 0 Å². The van der Waals surface area contributed by atoms with Crippen LogP contribution in [0.1, 0.15) is 24.5 Å². The molecule has 1 heterocycles.